The first-order valence-corrected chi connectivity index (χ1v) is 7.32. The Morgan fingerprint density at radius 1 is 1.21 bits per heavy atom. The van der Waals surface area contributed by atoms with Gasteiger partial charge in [-0.05, 0) is 37.1 Å². The highest BCUT2D eigenvalue weighted by atomic mass is 32.2. The topological polar surface area (TPSA) is 57.8 Å². The SMILES string of the molecule is Cc1cc(C)cc(Nc2nc3c(c(=O)[nH]2)CSC3)c1. The van der Waals surface area contributed by atoms with Gasteiger partial charge in [-0.1, -0.05) is 6.07 Å². The largest absolute Gasteiger partial charge is 0.326 e. The van der Waals surface area contributed by atoms with Gasteiger partial charge in [0.2, 0.25) is 5.95 Å². The van der Waals surface area contributed by atoms with Gasteiger partial charge in [-0.25, -0.2) is 4.98 Å². The summed E-state index contributed by atoms with van der Waals surface area (Å²) in [5, 5.41) is 3.18. The van der Waals surface area contributed by atoms with Crippen molar-refractivity contribution >= 4 is 23.4 Å². The first kappa shape index (κ1) is 12.3. The third-order valence-electron chi connectivity index (χ3n) is 3.07. The van der Waals surface area contributed by atoms with E-state index in [9.17, 15) is 4.79 Å². The molecule has 0 radical (unpaired) electrons. The van der Waals surface area contributed by atoms with E-state index in [2.05, 4.69) is 21.4 Å². The van der Waals surface area contributed by atoms with Crippen molar-refractivity contribution in [2.75, 3.05) is 5.32 Å². The molecule has 19 heavy (non-hydrogen) atoms. The van der Waals surface area contributed by atoms with Crippen LogP contribution < -0.4 is 10.9 Å². The van der Waals surface area contributed by atoms with E-state index in [4.69, 9.17) is 0 Å². The standard InChI is InChI=1S/C14H15N3OS/c1-8-3-9(2)5-10(4-8)15-14-16-12-7-19-6-11(12)13(18)17-14/h3-5H,6-7H2,1-2H3,(H2,15,16,17,18). The lowest BCUT2D eigenvalue weighted by molar-refractivity contribution is 1.03. The van der Waals surface area contributed by atoms with Crippen molar-refractivity contribution in [1.82, 2.24) is 9.97 Å². The van der Waals surface area contributed by atoms with Gasteiger partial charge in [-0.3, -0.25) is 9.78 Å². The molecule has 3 rings (SSSR count). The molecule has 2 aromatic rings. The van der Waals surface area contributed by atoms with Gasteiger partial charge < -0.3 is 5.32 Å². The Hall–Kier alpha value is -1.75. The lowest BCUT2D eigenvalue weighted by atomic mass is 10.1. The van der Waals surface area contributed by atoms with Crippen LogP contribution in [0.5, 0.6) is 0 Å². The zero-order valence-electron chi connectivity index (χ0n) is 10.9. The van der Waals surface area contributed by atoms with Crippen LogP contribution in [-0.4, -0.2) is 9.97 Å². The van der Waals surface area contributed by atoms with E-state index in [0.29, 0.717) is 5.95 Å². The number of rotatable bonds is 2. The zero-order chi connectivity index (χ0) is 13.4. The minimum Gasteiger partial charge on any atom is -0.326 e. The molecule has 0 bridgehead atoms. The van der Waals surface area contributed by atoms with Crippen molar-refractivity contribution in [3.63, 3.8) is 0 Å². The van der Waals surface area contributed by atoms with Crippen molar-refractivity contribution in [2.24, 2.45) is 0 Å². The Bertz CT molecular complexity index is 673. The fourth-order valence-electron chi connectivity index (χ4n) is 2.31. The average Bonchev–Trinajstić information content (AvgIpc) is 2.75. The summed E-state index contributed by atoms with van der Waals surface area (Å²) in [6.07, 6.45) is 0. The molecule has 0 unspecified atom stereocenters. The van der Waals surface area contributed by atoms with E-state index in [1.54, 1.807) is 11.8 Å². The molecule has 4 nitrogen and oxygen atoms in total. The summed E-state index contributed by atoms with van der Waals surface area (Å²) in [4.78, 5) is 19.2. The monoisotopic (exact) mass is 273 g/mol. The van der Waals surface area contributed by atoms with Crippen LogP contribution in [0.3, 0.4) is 0 Å². The van der Waals surface area contributed by atoms with Crippen LogP contribution in [-0.2, 0) is 11.5 Å². The molecule has 98 valence electrons. The third kappa shape index (κ3) is 2.51. The Kier molecular flexibility index (Phi) is 3.06. The number of aromatic nitrogens is 2. The first-order chi connectivity index (χ1) is 9.11. The number of fused-ring (bicyclic) bond motifs is 1. The molecular weight excluding hydrogens is 258 g/mol. The van der Waals surface area contributed by atoms with E-state index in [-0.39, 0.29) is 5.56 Å². The van der Waals surface area contributed by atoms with Crippen LogP contribution in [0.4, 0.5) is 11.6 Å². The Morgan fingerprint density at radius 3 is 2.68 bits per heavy atom. The Labute approximate surface area is 115 Å². The van der Waals surface area contributed by atoms with Crippen molar-refractivity contribution < 1.29 is 0 Å². The summed E-state index contributed by atoms with van der Waals surface area (Å²) < 4.78 is 0. The van der Waals surface area contributed by atoms with Crippen molar-refractivity contribution in [3.05, 3.63) is 50.9 Å². The second-order valence-electron chi connectivity index (χ2n) is 4.83. The number of nitrogens with zero attached hydrogens (tertiary/aromatic N) is 1. The van der Waals surface area contributed by atoms with Gasteiger partial charge >= 0.3 is 0 Å². The molecule has 0 saturated carbocycles. The van der Waals surface area contributed by atoms with Crippen molar-refractivity contribution in [3.8, 4) is 0 Å². The van der Waals surface area contributed by atoms with E-state index < -0.39 is 0 Å². The maximum absolute atomic E-state index is 11.9. The van der Waals surface area contributed by atoms with Crippen molar-refractivity contribution in [1.29, 1.82) is 0 Å². The number of hydrogen-bond donors (Lipinski definition) is 2. The van der Waals surface area contributed by atoms with E-state index in [1.807, 2.05) is 26.0 Å². The molecular formula is C14H15N3OS. The van der Waals surface area contributed by atoms with Gasteiger partial charge in [0, 0.05) is 22.8 Å². The van der Waals surface area contributed by atoms with Gasteiger partial charge in [0.1, 0.15) is 0 Å². The quantitative estimate of drug-likeness (QED) is 0.883. The number of H-pyrrole nitrogens is 1. The second kappa shape index (κ2) is 4.74. The Morgan fingerprint density at radius 2 is 1.95 bits per heavy atom. The van der Waals surface area contributed by atoms with E-state index in [0.717, 1.165) is 28.5 Å². The molecule has 0 atom stereocenters. The molecule has 0 amide bonds. The number of hydrogen-bond acceptors (Lipinski definition) is 4. The average molecular weight is 273 g/mol. The lowest BCUT2D eigenvalue weighted by Gasteiger charge is -2.08. The highest BCUT2D eigenvalue weighted by Crippen LogP contribution is 2.26. The summed E-state index contributed by atoms with van der Waals surface area (Å²) in [6.45, 7) is 4.10. The van der Waals surface area contributed by atoms with Crippen LogP contribution >= 0.6 is 11.8 Å². The number of anilines is 2. The lowest BCUT2D eigenvalue weighted by Crippen LogP contribution is -2.16. The van der Waals surface area contributed by atoms with Crippen LogP contribution in [0.1, 0.15) is 22.4 Å². The van der Waals surface area contributed by atoms with Crippen LogP contribution in [0.2, 0.25) is 0 Å². The van der Waals surface area contributed by atoms with Gasteiger partial charge in [0.05, 0.1) is 5.69 Å². The first-order valence-electron chi connectivity index (χ1n) is 6.17. The number of aromatic amines is 1. The minimum atomic E-state index is -0.0260. The normalized spacial score (nSPS) is 13.4. The molecule has 2 N–H and O–H groups in total. The molecule has 0 fully saturated rings. The molecule has 1 aliphatic rings. The summed E-state index contributed by atoms with van der Waals surface area (Å²) in [5.41, 5.74) is 5.01. The number of benzene rings is 1. The minimum absolute atomic E-state index is 0.0260. The zero-order valence-corrected chi connectivity index (χ0v) is 11.7. The van der Waals surface area contributed by atoms with Gasteiger partial charge in [-0.2, -0.15) is 11.8 Å². The molecule has 2 heterocycles. The molecule has 1 aromatic carbocycles. The maximum atomic E-state index is 11.9. The summed E-state index contributed by atoms with van der Waals surface area (Å²) >= 11 is 1.73. The predicted octanol–water partition coefficient (Wildman–Crippen LogP) is 2.88. The third-order valence-corrected chi connectivity index (χ3v) is 4.04. The highest BCUT2D eigenvalue weighted by Gasteiger charge is 2.17. The number of aryl methyl sites for hydroxylation is 2. The smallest absolute Gasteiger partial charge is 0.256 e. The van der Waals surface area contributed by atoms with Crippen LogP contribution in [0, 0.1) is 13.8 Å². The highest BCUT2D eigenvalue weighted by molar-refractivity contribution is 7.98. The fraction of sp³-hybridized carbons (Fsp3) is 0.286. The van der Waals surface area contributed by atoms with Crippen LogP contribution in [0.15, 0.2) is 23.0 Å². The summed E-state index contributed by atoms with van der Waals surface area (Å²) in [5.74, 6) is 2.11. The number of thioether (sulfide) groups is 1. The summed E-state index contributed by atoms with van der Waals surface area (Å²) in [6, 6.07) is 6.19. The van der Waals surface area contributed by atoms with Crippen molar-refractivity contribution in [2.45, 2.75) is 25.4 Å². The fourth-order valence-corrected chi connectivity index (χ4v) is 3.34. The molecule has 0 aliphatic carbocycles. The van der Waals surface area contributed by atoms with Crippen LogP contribution in [0.25, 0.3) is 0 Å². The molecule has 5 heteroatoms. The van der Waals surface area contributed by atoms with Gasteiger partial charge in [-0.15, -0.1) is 0 Å². The predicted molar refractivity (Wildman–Crippen MR) is 79.1 cm³/mol. The Balaban J connectivity index is 1.95. The molecule has 0 saturated heterocycles. The summed E-state index contributed by atoms with van der Waals surface area (Å²) in [7, 11) is 0. The van der Waals surface area contributed by atoms with E-state index >= 15 is 0 Å². The second-order valence-corrected chi connectivity index (χ2v) is 5.82. The van der Waals surface area contributed by atoms with Gasteiger partial charge in [0.25, 0.3) is 5.56 Å². The maximum Gasteiger partial charge on any atom is 0.256 e. The molecule has 0 spiro atoms. The van der Waals surface area contributed by atoms with Gasteiger partial charge in [0.15, 0.2) is 0 Å². The number of nitrogens with one attached hydrogen (secondary N) is 2. The van der Waals surface area contributed by atoms with E-state index in [1.165, 1.54) is 11.1 Å². The molecule has 1 aliphatic heterocycles. The molecule has 1 aromatic heterocycles.